The predicted octanol–water partition coefficient (Wildman–Crippen LogP) is 33.2. The molecule has 150 heavy (non-hydrogen) atoms. The summed E-state index contributed by atoms with van der Waals surface area (Å²) in [5.41, 5.74) is 28.7. The highest BCUT2D eigenvalue weighted by atomic mass is 15.1. The number of hydrogen-bond acceptors (Lipinski definition) is 9. The lowest BCUT2D eigenvalue weighted by atomic mass is 10.1. The molecule has 0 aliphatic carbocycles. The molecular formula is C135H87N15. The molecule has 0 spiro atoms. The lowest BCUT2D eigenvalue weighted by molar-refractivity contribution is 1.06. The Labute approximate surface area is 861 Å². The maximum atomic E-state index is 5.15. The van der Waals surface area contributed by atoms with E-state index in [4.69, 9.17) is 44.9 Å². The van der Waals surface area contributed by atoms with Crippen LogP contribution < -0.4 is 0 Å². The second-order valence-electron chi connectivity index (χ2n) is 37.4. The van der Waals surface area contributed by atoms with Gasteiger partial charge in [-0.2, -0.15) is 0 Å². The van der Waals surface area contributed by atoms with Crippen molar-refractivity contribution in [2.24, 2.45) is 0 Å². The summed E-state index contributed by atoms with van der Waals surface area (Å²) in [4.78, 5) is 45.7. The van der Waals surface area contributed by atoms with Gasteiger partial charge in [-0.15, -0.1) is 0 Å². The van der Waals surface area contributed by atoms with Crippen molar-refractivity contribution in [1.29, 1.82) is 0 Å². The van der Waals surface area contributed by atoms with E-state index in [0.717, 1.165) is 128 Å². The molecule has 0 aliphatic heterocycles. The van der Waals surface area contributed by atoms with Crippen molar-refractivity contribution < 1.29 is 0 Å². The Morgan fingerprint density at radius 1 is 0.120 bits per heavy atom. The molecule has 15 nitrogen and oxygen atoms in total. The zero-order chi connectivity index (χ0) is 99.1. The third-order valence-electron chi connectivity index (χ3n) is 28.7. The van der Waals surface area contributed by atoms with Gasteiger partial charge in [-0.25, -0.2) is 44.9 Å². The van der Waals surface area contributed by atoms with Crippen molar-refractivity contribution in [3.8, 4) is 137 Å². The van der Waals surface area contributed by atoms with Gasteiger partial charge >= 0.3 is 0 Å². The minimum absolute atomic E-state index is 0.623. The minimum atomic E-state index is 0.623. The molecule has 0 fully saturated rings. The summed E-state index contributed by atoms with van der Waals surface area (Å²) in [6.45, 7) is 0. The molecule has 30 aromatic rings. The maximum Gasteiger partial charge on any atom is 0.166 e. The quantitative estimate of drug-likeness (QED) is 0.0979. The van der Waals surface area contributed by atoms with Gasteiger partial charge in [0, 0.05) is 132 Å². The highest BCUT2D eigenvalue weighted by Crippen LogP contribution is 2.49. The van der Waals surface area contributed by atoms with Gasteiger partial charge in [0.15, 0.2) is 52.4 Å². The van der Waals surface area contributed by atoms with E-state index in [1.807, 2.05) is 182 Å². The molecule has 0 aliphatic rings. The van der Waals surface area contributed by atoms with Crippen LogP contribution in [-0.2, 0) is 0 Å². The van der Waals surface area contributed by atoms with Crippen LogP contribution >= 0.6 is 0 Å². The molecule has 21 aromatic carbocycles. The van der Waals surface area contributed by atoms with E-state index in [1.165, 1.54) is 86.7 Å². The number of hydrogen-bond donors (Lipinski definition) is 0. The van der Waals surface area contributed by atoms with Crippen molar-refractivity contribution in [2.75, 3.05) is 0 Å². The molecule has 9 heterocycles. The van der Waals surface area contributed by atoms with Gasteiger partial charge in [0.1, 0.15) is 0 Å². The molecule has 0 amide bonds. The second-order valence-corrected chi connectivity index (χ2v) is 37.4. The van der Waals surface area contributed by atoms with Crippen LogP contribution in [0.3, 0.4) is 0 Å². The molecule has 9 aromatic heterocycles. The molecular weight excluding hydrogens is 1830 g/mol. The van der Waals surface area contributed by atoms with Gasteiger partial charge in [0.25, 0.3) is 0 Å². The third-order valence-corrected chi connectivity index (χ3v) is 28.7. The summed E-state index contributed by atoms with van der Waals surface area (Å²) in [6, 6.07) is 184. The minimum Gasteiger partial charge on any atom is -0.309 e. The zero-order valence-electron chi connectivity index (χ0n) is 80.9. The van der Waals surface area contributed by atoms with E-state index >= 15 is 0 Å². The maximum absolute atomic E-state index is 5.15. The highest BCUT2D eigenvalue weighted by molar-refractivity contribution is 6.28. The predicted molar refractivity (Wildman–Crippen MR) is 614 cm³/mol. The summed E-state index contributed by atoms with van der Waals surface area (Å²) < 4.78 is 14.3. The zero-order valence-corrected chi connectivity index (χ0v) is 80.9. The second kappa shape index (κ2) is 37.0. The number of rotatable bonds is 15. The molecule has 30 rings (SSSR count). The van der Waals surface area contributed by atoms with E-state index in [-0.39, 0.29) is 0 Å². The summed E-state index contributed by atoms with van der Waals surface area (Å²) >= 11 is 0. The lowest BCUT2D eigenvalue weighted by Gasteiger charge is -2.15. The molecule has 0 bridgehead atoms. The Hall–Kier alpha value is -20.6. The van der Waals surface area contributed by atoms with Crippen LogP contribution in [0.5, 0.6) is 0 Å². The van der Waals surface area contributed by atoms with Crippen molar-refractivity contribution in [2.45, 2.75) is 0 Å². The Balaban J connectivity index is 0.000000108. The highest BCUT2D eigenvalue weighted by Gasteiger charge is 2.30. The fraction of sp³-hybridized carbons (Fsp3) is 0. The molecule has 15 heteroatoms. The molecule has 0 saturated carbocycles. The smallest absolute Gasteiger partial charge is 0.166 e. The van der Waals surface area contributed by atoms with Gasteiger partial charge in [0.05, 0.1) is 83.3 Å². The first-order chi connectivity index (χ1) is 74.5. The first-order valence-electron chi connectivity index (χ1n) is 50.4. The fourth-order valence-corrected chi connectivity index (χ4v) is 22.1. The number of benzene rings is 21. The van der Waals surface area contributed by atoms with Gasteiger partial charge in [0.2, 0.25) is 0 Å². The number of nitrogens with zero attached hydrogens (tertiary/aromatic N) is 15. The number of fused-ring (bicyclic) bond motifs is 20. The molecule has 702 valence electrons. The van der Waals surface area contributed by atoms with Crippen LogP contribution in [0.2, 0.25) is 0 Å². The Bertz CT molecular complexity index is 10000. The van der Waals surface area contributed by atoms with E-state index in [2.05, 4.69) is 373 Å². The first kappa shape index (κ1) is 87.3. The van der Waals surface area contributed by atoms with Crippen molar-refractivity contribution in [3.63, 3.8) is 0 Å². The van der Waals surface area contributed by atoms with Crippen molar-refractivity contribution in [3.05, 3.63) is 528 Å². The van der Waals surface area contributed by atoms with Gasteiger partial charge in [-0.05, 0) is 133 Å². The van der Waals surface area contributed by atoms with Gasteiger partial charge in [-0.3, -0.25) is 0 Å². The Morgan fingerprint density at radius 2 is 0.333 bits per heavy atom. The van der Waals surface area contributed by atoms with Crippen LogP contribution in [-0.4, -0.2) is 72.3 Å². The molecule has 0 saturated heterocycles. The summed E-state index contributed by atoms with van der Waals surface area (Å²) in [6.07, 6.45) is 0. The van der Waals surface area contributed by atoms with Crippen LogP contribution in [0.25, 0.3) is 267 Å². The van der Waals surface area contributed by atoms with E-state index in [0.29, 0.717) is 52.4 Å². The summed E-state index contributed by atoms with van der Waals surface area (Å²) in [7, 11) is 0. The lowest BCUT2D eigenvalue weighted by Crippen LogP contribution is -2.03. The van der Waals surface area contributed by atoms with Crippen LogP contribution in [0.15, 0.2) is 528 Å². The Kier molecular flexibility index (Phi) is 21.5. The van der Waals surface area contributed by atoms with Crippen LogP contribution in [0, 0.1) is 0 Å². The van der Waals surface area contributed by atoms with E-state index in [1.54, 1.807) is 0 Å². The van der Waals surface area contributed by atoms with Crippen LogP contribution in [0.1, 0.15) is 0 Å². The number of para-hydroxylation sites is 12. The SMILES string of the molecule is c1ccc(-c2nc(-c3ccccc3)nc(-c3ccccc3-n3c4ccccc4c4c3ccc3c5ccccc5n(-c5ccccc5)c34)n2)cc1.c1ccc(-c2nc(-c3ccccc3)nc(-c3ccccc3-n3c4ccccc4c4cc5c6ccccc6n(-c6ccccc6)c5cc43)n2)cc1.c1ccc(-c2nc(-c3ccccc3)nc(-c3ccccc3-n3c4ccccc4c4ccc5c(c6ccccc6n5-c5ccccc5)c43)n2)cc1. The summed E-state index contributed by atoms with van der Waals surface area (Å²) in [5.74, 6) is 5.71. The van der Waals surface area contributed by atoms with E-state index < -0.39 is 0 Å². The monoisotopic (exact) mass is 1920 g/mol. The average molecular weight is 1920 g/mol. The van der Waals surface area contributed by atoms with Gasteiger partial charge in [-0.1, -0.05) is 394 Å². The first-order valence-corrected chi connectivity index (χ1v) is 50.4. The number of aromatic nitrogens is 15. The molecule has 0 N–H and O–H groups in total. The van der Waals surface area contributed by atoms with Crippen molar-refractivity contribution in [1.82, 2.24) is 72.3 Å². The van der Waals surface area contributed by atoms with Gasteiger partial charge < -0.3 is 27.4 Å². The average Bonchev–Trinajstić information content (AvgIpc) is 1.55. The summed E-state index contributed by atoms with van der Waals surface area (Å²) in [5, 5.41) is 14.5. The molecule has 0 radical (unpaired) electrons. The standard InChI is InChI=1S/3C45H29N5/c1-4-16-30(17-5-1)43-46-44(31-18-6-2-7-19-31)48-45(47-43)35-24-12-15-27-40(35)50-39-26-14-11-23-34(39)37-28-36-33-22-10-13-25-38(33)49(41(36)29-42(37)50)32-20-8-3-9-21-32;1-4-16-30(17-5-1)43-46-44(31-18-6-2-7-19-31)48-45(47-43)36-24-12-15-27-39(36)50-37-25-13-10-22-33(37)34-28-29-40-41(42(34)50)35-23-11-14-26-38(35)49(40)32-20-8-3-9-21-32;1-4-16-30(17-5-1)43-46-44(31-18-6-2-7-19-31)48-45(47-43)36-24-12-15-27-39(36)50-38-26-14-11-23-35(38)41-40(50)29-28-34-33-22-10-13-25-37(33)49(42(34)41)32-20-8-3-9-21-32/h3*1-29H. The van der Waals surface area contributed by atoms with E-state index in [9.17, 15) is 0 Å². The molecule has 0 atom stereocenters. The third kappa shape index (κ3) is 15.0. The molecule has 0 unspecified atom stereocenters. The fourth-order valence-electron chi connectivity index (χ4n) is 22.1. The topological polar surface area (TPSA) is 146 Å². The Morgan fingerprint density at radius 3 is 0.680 bits per heavy atom. The van der Waals surface area contributed by atoms with Crippen molar-refractivity contribution >= 4 is 131 Å². The largest absolute Gasteiger partial charge is 0.309 e. The van der Waals surface area contributed by atoms with Crippen LogP contribution in [0.4, 0.5) is 0 Å². The normalized spacial score (nSPS) is 11.6.